The maximum atomic E-state index is 2.58. The molecule has 1 fully saturated rings. The fourth-order valence-electron chi connectivity index (χ4n) is 12.1. The van der Waals surface area contributed by atoms with Crippen LogP contribution in [0.4, 0.5) is 0 Å². The Bertz CT molecular complexity index is 3410. The number of aryl methyl sites for hydroxylation is 2. The second kappa shape index (κ2) is 12.6. The number of rotatable bonds is 3. The highest BCUT2D eigenvalue weighted by Gasteiger charge is 2.46. The first-order valence-corrected chi connectivity index (χ1v) is 24.9. The van der Waals surface area contributed by atoms with E-state index in [1.54, 1.807) is 5.56 Å². The van der Waals surface area contributed by atoms with Crippen molar-refractivity contribution in [1.82, 2.24) is 0 Å². The molecule has 1 saturated carbocycles. The Morgan fingerprint density at radius 1 is 0.356 bits per heavy atom. The SMILES string of the molecule is Cp1c2ccccc2c2cccc(-c3cccc4c(-c5cccc6c5C5(CCCC5)c5ccccc5-6)c5cccc(-c6cccc7c8ccccc8p(C)c67)c5cc34)c21. The summed E-state index contributed by atoms with van der Waals surface area (Å²) in [6.45, 7) is 4.94. The molecule has 0 aliphatic heterocycles. The standard InChI is InChI=1S/C57H42P2/c1-58-51-30-7-4-17-38(51)45-26-14-24-43(55(45)58)35-19-11-21-40-48(35)34-49-36(44-25-15-27-46-39-18-5-8-31-52(39)59(2)56(44)46)20-12-22-41(49)53(40)47-28-13-23-42-37-16-3-6-29-50(37)57(54(42)47)32-9-10-33-57/h3-8,11-31,34H,9-10,32-33H2,1-2H3. The molecule has 59 heavy (non-hydrogen) atoms. The van der Waals surface area contributed by atoms with Gasteiger partial charge in [0.25, 0.3) is 0 Å². The van der Waals surface area contributed by atoms with E-state index in [2.05, 4.69) is 183 Å². The molecule has 2 aliphatic carbocycles. The molecule has 0 amide bonds. The third kappa shape index (κ3) is 4.52. The van der Waals surface area contributed by atoms with Crippen LogP contribution in [0.25, 0.3) is 108 Å². The van der Waals surface area contributed by atoms with Gasteiger partial charge >= 0.3 is 0 Å². The molecule has 2 aromatic heterocycles. The van der Waals surface area contributed by atoms with Gasteiger partial charge in [0.05, 0.1) is 0 Å². The zero-order valence-corrected chi connectivity index (χ0v) is 35.2. The van der Waals surface area contributed by atoms with E-state index >= 15 is 0 Å². The molecule has 2 unspecified atom stereocenters. The number of fused-ring (bicyclic) bond motifs is 13. The molecule has 2 heteroatoms. The second-order valence-electron chi connectivity index (χ2n) is 17.2. The summed E-state index contributed by atoms with van der Waals surface area (Å²) in [6, 6.07) is 65.9. The van der Waals surface area contributed by atoms with Gasteiger partial charge < -0.3 is 0 Å². The van der Waals surface area contributed by atoms with Gasteiger partial charge in [-0.05, 0) is 131 Å². The van der Waals surface area contributed by atoms with Crippen LogP contribution in [0.1, 0.15) is 36.8 Å². The molecule has 9 aromatic carbocycles. The van der Waals surface area contributed by atoms with Crippen molar-refractivity contribution in [3.63, 3.8) is 0 Å². The van der Waals surface area contributed by atoms with Crippen molar-refractivity contribution >= 4 is 78.6 Å². The van der Waals surface area contributed by atoms with Crippen molar-refractivity contribution in [2.24, 2.45) is 13.3 Å². The zero-order valence-electron chi connectivity index (χ0n) is 33.4. The predicted molar refractivity (Wildman–Crippen MR) is 260 cm³/mol. The van der Waals surface area contributed by atoms with E-state index in [4.69, 9.17) is 0 Å². The van der Waals surface area contributed by atoms with Crippen LogP contribution in [0.3, 0.4) is 0 Å². The molecule has 0 N–H and O–H groups in total. The van der Waals surface area contributed by atoms with Crippen LogP contribution in [0.2, 0.25) is 0 Å². The lowest BCUT2D eigenvalue weighted by Crippen LogP contribution is -2.21. The van der Waals surface area contributed by atoms with Gasteiger partial charge in [-0.2, -0.15) is 0 Å². The van der Waals surface area contributed by atoms with Crippen molar-refractivity contribution in [3.05, 3.63) is 181 Å². The van der Waals surface area contributed by atoms with Crippen LogP contribution in [0, 0.1) is 0 Å². The lowest BCUT2D eigenvalue weighted by atomic mass is 9.73. The van der Waals surface area contributed by atoms with Gasteiger partial charge in [0.1, 0.15) is 0 Å². The average Bonchev–Trinajstić information content (AvgIpc) is 4.05. The smallest absolute Gasteiger partial charge is 0.0221 e. The van der Waals surface area contributed by atoms with Gasteiger partial charge in [-0.1, -0.05) is 177 Å². The minimum Gasteiger partial charge on any atom is -0.111 e. The molecule has 0 bridgehead atoms. The van der Waals surface area contributed by atoms with Crippen LogP contribution in [-0.2, 0) is 18.7 Å². The quantitative estimate of drug-likeness (QED) is 0.156. The summed E-state index contributed by atoms with van der Waals surface area (Å²) < 4.78 is 0. The van der Waals surface area contributed by atoms with Gasteiger partial charge in [-0.3, -0.25) is 0 Å². The maximum absolute atomic E-state index is 2.58. The summed E-state index contributed by atoms with van der Waals surface area (Å²) in [5.41, 5.74) is 14.3. The van der Waals surface area contributed by atoms with Gasteiger partial charge in [0, 0.05) is 25.9 Å². The molecule has 0 radical (unpaired) electrons. The monoisotopic (exact) mass is 788 g/mol. The van der Waals surface area contributed by atoms with Gasteiger partial charge in [0.15, 0.2) is 0 Å². The van der Waals surface area contributed by atoms with Crippen LogP contribution in [-0.4, -0.2) is 0 Å². The molecular weight excluding hydrogens is 747 g/mol. The van der Waals surface area contributed by atoms with Crippen LogP contribution in [0.5, 0.6) is 0 Å². The second-order valence-corrected chi connectivity index (χ2v) is 21.3. The third-order valence-electron chi connectivity index (χ3n) is 14.5. The Morgan fingerprint density at radius 3 is 1.37 bits per heavy atom. The topological polar surface area (TPSA) is 0 Å². The molecule has 1 spiro atoms. The molecule has 11 aromatic rings. The normalized spacial score (nSPS) is 15.1. The molecule has 2 heterocycles. The maximum Gasteiger partial charge on any atom is 0.0221 e. The summed E-state index contributed by atoms with van der Waals surface area (Å²) in [5, 5.41) is 17.0. The predicted octanol–water partition coefficient (Wildman–Crippen LogP) is 17.5. The molecule has 13 rings (SSSR count). The number of hydrogen-bond acceptors (Lipinski definition) is 0. The fraction of sp³-hybridized carbons (Fsp3) is 0.123. The van der Waals surface area contributed by atoms with Crippen molar-refractivity contribution in [3.8, 4) is 44.5 Å². The summed E-state index contributed by atoms with van der Waals surface area (Å²) in [7, 11) is -0.990. The van der Waals surface area contributed by atoms with E-state index in [9.17, 15) is 0 Å². The molecule has 280 valence electrons. The van der Waals surface area contributed by atoms with Crippen molar-refractivity contribution in [2.75, 3.05) is 0 Å². The van der Waals surface area contributed by atoms with Crippen LogP contribution in [0.15, 0.2) is 170 Å². The lowest BCUT2D eigenvalue weighted by Gasteiger charge is -2.30. The van der Waals surface area contributed by atoms with Crippen molar-refractivity contribution in [2.45, 2.75) is 31.1 Å². The van der Waals surface area contributed by atoms with Crippen LogP contribution < -0.4 is 0 Å². The largest absolute Gasteiger partial charge is 0.111 e. The Kier molecular flexibility index (Phi) is 7.24. The summed E-state index contributed by atoms with van der Waals surface area (Å²) in [4.78, 5) is 0. The first kappa shape index (κ1) is 34.0. The Balaban J connectivity index is 1.19. The van der Waals surface area contributed by atoms with E-state index < -0.39 is 15.1 Å². The van der Waals surface area contributed by atoms with E-state index in [1.165, 1.54) is 139 Å². The van der Waals surface area contributed by atoms with Gasteiger partial charge in [0.2, 0.25) is 0 Å². The minimum absolute atomic E-state index is 0.0420. The van der Waals surface area contributed by atoms with E-state index in [0.717, 1.165) is 0 Å². The van der Waals surface area contributed by atoms with E-state index in [-0.39, 0.29) is 5.41 Å². The summed E-state index contributed by atoms with van der Waals surface area (Å²) >= 11 is 0. The van der Waals surface area contributed by atoms with Crippen LogP contribution >= 0.6 is 15.1 Å². The highest BCUT2D eigenvalue weighted by Crippen LogP contribution is 2.61. The number of benzene rings is 9. The fourth-order valence-corrected chi connectivity index (χ4v) is 16.5. The molecule has 0 saturated heterocycles. The first-order valence-electron chi connectivity index (χ1n) is 21.3. The highest BCUT2D eigenvalue weighted by atomic mass is 31.1. The highest BCUT2D eigenvalue weighted by molar-refractivity contribution is 7.60. The molecule has 2 aliphatic rings. The summed E-state index contributed by atoms with van der Waals surface area (Å²) in [6.07, 6.45) is 4.97. The summed E-state index contributed by atoms with van der Waals surface area (Å²) in [5.74, 6) is 0. The lowest BCUT2D eigenvalue weighted by molar-refractivity contribution is 0.551. The Labute approximate surface area is 346 Å². The Morgan fingerprint density at radius 2 is 0.780 bits per heavy atom. The molecule has 2 atom stereocenters. The first-order chi connectivity index (χ1) is 29.1. The van der Waals surface area contributed by atoms with Crippen molar-refractivity contribution in [1.29, 1.82) is 0 Å². The Hall–Kier alpha value is -5.90. The van der Waals surface area contributed by atoms with Crippen molar-refractivity contribution < 1.29 is 0 Å². The minimum atomic E-state index is -0.495. The van der Waals surface area contributed by atoms with Gasteiger partial charge in [-0.15, -0.1) is 15.1 Å². The molecular formula is C57H42P2. The van der Waals surface area contributed by atoms with Gasteiger partial charge in [-0.25, -0.2) is 0 Å². The average molecular weight is 789 g/mol. The van der Waals surface area contributed by atoms with E-state index in [0.29, 0.717) is 0 Å². The molecule has 0 nitrogen and oxygen atoms in total. The zero-order chi connectivity index (χ0) is 39.0. The number of hydrogen-bond donors (Lipinski definition) is 0. The van der Waals surface area contributed by atoms with E-state index in [1.807, 2.05) is 0 Å². The third-order valence-corrected chi connectivity index (χ3v) is 19.0.